The van der Waals surface area contributed by atoms with Gasteiger partial charge < -0.3 is 21.1 Å². The summed E-state index contributed by atoms with van der Waals surface area (Å²) in [5, 5.41) is 5.20. The Balaban J connectivity index is 3.88. The van der Waals surface area contributed by atoms with Crippen LogP contribution in [0.3, 0.4) is 0 Å². The fourth-order valence-electron chi connectivity index (χ4n) is 1.56. The molecule has 0 aromatic heterocycles. The summed E-state index contributed by atoms with van der Waals surface area (Å²) in [6, 6.07) is -0.654. The summed E-state index contributed by atoms with van der Waals surface area (Å²) in [5.74, 6) is -0.748. The Hall–Kier alpha value is -1.79. The highest BCUT2D eigenvalue weighted by Gasteiger charge is 2.17. The first kappa shape index (κ1) is 19.2. The van der Waals surface area contributed by atoms with Crippen molar-refractivity contribution in [3.8, 4) is 0 Å². The van der Waals surface area contributed by atoms with Crippen molar-refractivity contribution < 1.29 is 19.1 Å². The third kappa shape index (κ3) is 10.6. The number of amides is 3. The molecule has 0 heterocycles. The molecular weight excluding hydrogens is 274 g/mol. The van der Waals surface area contributed by atoms with E-state index in [2.05, 4.69) is 10.6 Å². The molecule has 0 aliphatic carbocycles. The van der Waals surface area contributed by atoms with Crippen LogP contribution in [-0.2, 0) is 14.3 Å². The summed E-state index contributed by atoms with van der Waals surface area (Å²) in [6.45, 7) is 7.53. The van der Waals surface area contributed by atoms with Crippen LogP contribution in [0, 0.1) is 0 Å². The fraction of sp³-hybridized carbons (Fsp3) is 0.786. The van der Waals surface area contributed by atoms with Crippen molar-refractivity contribution in [1.29, 1.82) is 0 Å². The zero-order chi connectivity index (χ0) is 16.5. The van der Waals surface area contributed by atoms with Crippen molar-refractivity contribution in [2.45, 2.75) is 65.0 Å². The van der Waals surface area contributed by atoms with Crippen molar-refractivity contribution in [2.75, 3.05) is 6.54 Å². The molecular formula is C14H27N3O4. The highest BCUT2D eigenvalue weighted by atomic mass is 16.6. The van der Waals surface area contributed by atoms with Gasteiger partial charge in [0.05, 0.1) is 0 Å². The molecule has 0 radical (unpaired) electrons. The Bertz CT molecular complexity index is 364. The zero-order valence-electron chi connectivity index (χ0n) is 13.3. The van der Waals surface area contributed by atoms with E-state index >= 15 is 0 Å². The van der Waals surface area contributed by atoms with Crippen molar-refractivity contribution in [3.63, 3.8) is 0 Å². The number of carbonyl (C=O) groups is 3. The second kappa shape index (κ2) is 9.20. The molecule has 7 heteroatoms. The van der Waals surface area contributed by atoms with Crippen molar-refractivity contribution >= 4 is 17.9 Å². The maximum atomic E-state index is 11.4. The topological polar surface area (TPSA) is 111 Å². The van der Waals surface area contributed by atoms with E-state index in [9.17, 15) is 14.4 Å². The van der Waals surface area contributed by atoms with Crippen LogP contribution in [0.4, 0.5) is 4.79 Å². The Labute approximate surface area is 126 Å². The van der Waals surface area contributed by atoms with Crippen LogP contribution in [0.25, 0.3) is 0 Å². The van der Waals surface area contributed by atoms with E-state index in [1.807, 2.05) is 0 Å². The van der Waals surface area contributed by atoms with Gasteiger partial charge in [-0.2, -0.15) is 0 Å². The number of nitrogens with one attached hydrogen (secondary N) is 2. The van der Waals surface area contributed by atoms with Gasteiger partial charge in [-0.3, -0.25) is 9.59 Å². The summed E-state index contributed by atoms with van der Waals surface area (Å²) in [6.07, 6.45) is 1.63. The van der Waals surface area contributed by atoms with E-state index < -0.39 is 23.6 Å². The van der Waals surface area contributed by atoms with Gasteiger partial charge in [-0.1, -0.05) is 6.92 Å². The highest BCUT2D eigenvalue weighted by molar-refractivity contribution is 5.86. The molecule has 7 nitrogen and oxygen atoms in total. The molecule has 0 saturated carbocycles. The molecule has 0 aromatic carbocycles. The summed E-state index contributed by atoms with van der Waals surface area (Å²) in [4.78, 5) is 33.8. The van der Waals surface area contributed by atoms with E-state index in [0.29, 0.717) is 32.2 Å². The molecule has 21 heavy (non-hydrogen) atoms. The van der Waals surface area contributed by atoms with Gasteiger partial charge in [0.15, 0.2) is 0 Å². The van der Waals surface area contributed by atoms with E-state index in [-0.39, 0.29) is 5.91 Å². The lowest BCUT2D eigenvalue weighted by Crippen LogP contribution is -2.44. The molecule has 0 rings (SSSR count). The van der Waals surface area contributed by atoms with Crippen LogP contribution in [-0.4, -0.2) is 36.1 Å². The summed E-state index contributed by atoms with van der Waals surface area (Å²) >= 11 is 0. The van der Waals surface area contributed by atoms with Gasteiger partial charge in [0.2, 0.25) is 11.8 Å². The highest BCUT2D eigenvalue weighted by Crippen LogP contribution is 2.06. The number of primary amides is 1. The third-order valence-electron chi connectivity index (χ3n) is 2.59. The van der Waals surface area contributed by atoms with Crippen LogP contribution in [0.15, 0.2) is 0 Å². The minimum Gasteiger partial charge on any atom is -0.444 e. The van der Waals surface area contributed by atoms with Gasteiger partial charge in [0.25, 0.3) is 0 Å². The standard InChI is InChI=1S/C14H27N3O4/c1-5-11(18)17-10(12(15)19)8-6-7-9-16-13(20)21-14(2,3)4/h10H,5-9H2,1-4H3,(H2,15,19)(H,16,20)(H,17,18). The second-order valence-corrected chi connectivity index (χ2v) is 5.80. The molecule has 0 aliphatic heterocycles. The van der Waals surface area contributed by atoms with Gasteiger partial charge in [0.1, 0.15) is 11.6 Å². The van der Waals surface area contributed by atoms with Crippen LogP contribution in [0.5, 0.6) is 0 Å². The maximum absolute atomic E-state index is 11.4. The van der Waals surface area contributed by atoms with E-state index in [0.717, 1.165) is 0 Å². The smallest absolute Gasteiger partial charge is 0.407 e. The van der Waals surface area contributed by atoms with E-state index in [4.69, 9.17) is 10.5 Å². The quantitative estimate of drug-likeness (QED) is 0.582. The minimum absolute atomic E-state index is 0.203. The normalized spacial score (nSPS) is 12.4. The predicted octanol–water partition coefficient (Wildman–Crippen LogP) is 1.06. The molecule has 1 atom stereocenters. The van der Waals surface area contributed by atoms with E-state index in [1.54, 1.807) is 27.7 Å². The summed E-state index contributed by atoms with van der Waals surface area (Å²) < 4.78 is 5.09. The van der Waals surface area contributed by atoms with Crippen molar-refractivity contribution in [3.05, 3.63) is 0 Å². The molecule has 0 fully saturated rings. The lowest BCUT2D eigenvalue weighted by molar-refractivity contribution is -0.127. The first-order valence-corrected chi connectivity index (χ1v) is 7.21. The SMILES string of the molecule is CCC(=O)NC(CCCCNC(=O)OC(C)(C)C)C(N)=O. The zero-order valence-corrected chi connectivity index (χ0v) is 13.3. The maximum Gasteiger partial charge on any atom is 0.407 e. The number of alkyl carbamates (subject to hydrolysis) is 1. The number of nitrogens with two attached hydrogens (primary N) is 1. The first-order valence-electron chi connectivity index (χ1n) is 7.21. The van der Waals surface area contributed by atoms with Gasteiger partial charge in [-0.05, 0) is 40.0 Å². The number of hydrogen-bond acceptors (Lipinski definition) is 4. The number of hydrogen-bond donors (Lipinski definition) is 3. The van der Waals surface area contributed by atoms with Gasteiger partial charge >= 0.3 is 6.09 Å². The third-order valence-corrected chi connectivity index (χ3v) is 2.59. The lowest BCUT2D eigenvalue weighted by atomic mass is 10.1. The summed E-state index contributed by atoms with van der Waals surface area (Å²) in [5.41, 5.74) is 4.71. The monoisotopic (exact) mass is 301 g/mol. The Morgan fingerprint density at radius 1 is 1.19 bits per heavy atom. The number of carbonyl (C=O) groups excluding carboxylic acids is 3. The average molecular weight is 301 g/mol. The van der Waals surface area contributed by atoms with Gasteiger partial charge in [-0.25, -0.2) is 4.79 Å². The van der Waals surface area contributed by atoms with Crippen molar-refractivity contribution in [2.24, 2.45) is 5.73 Å². The van der Waals surface area contributed by atoms with Gasteiger partial charge in [0, 0.05) is 13.0 Å². The molecule has 4 N–H and O–H groups in total. The van der Waals surface area contributed by atoms with Gasteiger partial charge in [-0.15, -0.1) is 0 Å². The average Bonchev–Trinajstić information content (AvgIpc) is 2.34. The fourth-order valence-corrected chi connectivity index (χ4v) is 1.56. The molecule has 122 valence electrons. The van der Waals surface area contributed by atoms with Crippen LogP contribution in [0.1, 0.15) is 53.4 Å². The predicted molar refractivity (Wildman–Crippen MR) is 79.5 cm³/mol. The first-order chi connectivity index (χ1) is 9.65. The Morgan fingerprint density at radius 3 is 2.29 bits per heavy atom. The van der Waals surface area contributed by atoms with Crippen LogP contribution >= 0.6 is 0 Å². The Kier molecular flexibility index (Phi) is 8.42. The molecule has 0 aromatic rings. The van der Waals surface area contributed by atoms with Crippen molar-refractivity contribution in [1.82, 2.24) is 10.6 Å². The molecule has 0 spiro atoms. The van der Waals surface area contributed by atoms with E-state index in [1.165, 1.54) is 0 Å². The Morgan fingerprint density at radius 2 is 1.81 bits per heavy atom. The number of unbranched alkanes of at least 4 members (excludes halogenated alkanes) is 1. The van der Waals surface area contributed by atoms with Crippen LogP contribution in [0.2, 0.25) is 0 Å². The molecule has 0 saturated heterocycles. The molecule has 1 unspecified atom stereocenters. The lowest BCUT2D eigenvalue weighted by Gasteiger charge is -2.19. The number of rotatable bonds is 8. The minimum atomic E-state index is -0.654. The van der Waals surface area contributed by atoms with Crippen LogP contribution < -0.4 is 16.4 Å². The number of ether oxygens (including phenoxy) is 1. The molecule has 0 bridgehead atoms. The molecule has 0 aliphatic rings. The second-order valence-electron chi connectivity index (χ2n) is 5.80. The summed E-state index contributed by atoms with van der Waals surface area (Å²) in [7, 11) is 0. The largest absolute Gasteiger partial charge is 0.444 e. The molecule has 3 amide bonds.